The lowest BCUT2D eigenvalue weighted by molar-refractivity contribution is 0.524. The largest absolute Gasteiger partial charge is 0.283 e. The third kappa shape index (κ3) is 5.44. The SMILES string of the molecule is CC(C)=Cc1ccc2n(c1=O)[C@@H](c1ccc(Cl)cc1)C(c1ccc(Cl)cc1)N2S(=O)(=O)c1ccccc1F.CF. The molecule has 3 aromatic carbocycles. The fraction of sp³-hybridized carbons (Fsp3) is 0.167. The number of pyridine rings is 1. The van der Waals surface area contributed by atoms with Crippen molar-refractivity contribution in [1.82, 2.24) is 4.57 Å². The second kappa shape index (κ2) is 12.0. The monoisotopic (exact) mass is 602 g/mol. The molecule has 1 aliphatic heterocycles. The van der Waals surface area contributed by atoms with Crippen LogP contribution in [0.5, 0.6) is 0 Å². The molecule has 1 aliphatic rings. The van der Waals surface area contributed by atoms with Crippen LogP contribution in [0.4, 0.5) is 14.6 Å². The molecule has 1 unspecified atom stereocenters. The zero-order chi connectivity index (χ0) is 29.2. The Labute approximate surface area is 242 Å². The topological polar surface area (TPSA) is 59.4 Å². The van der Waals surface area contributed by atoms with Crippen LogP contribution in [0.25, 0.3) is 6.08 Å². The van der Waals surface area contributed by atoms with Crippen LogP contribution in [-0.4, -0.2) is 20.2 Å². The molecule has 5 nitrogen and oxygen atoms in total. The van der Waals surface area contributed by atoms with Crippen LogP contribution in [0.2, 0.25) is 10.0 Å². The first-order chi connectivity index (χ1) is 19.1. The lowest BCUT2D eigenvalue weighted by Gasteiger charge is -2.29. The van der Waals surface area contributed by atoms with Gasteiger partial charge in [-0.25, -0.2) is 17.1 Å². The molecule has 0 saturated carbocycles. The second-order valence-corrected chi connectivity index (χ2v) is 11.9. The van der Waals surface area contributed by atoms with Crippen molar-refractivity contribution in [2.45, 2.75) is 30.8 Å². The minimum absolute atomic E-state index is 0.129. The van der Waals surface area contributed by atoms with E-state index in [0.717, 1.165) is 15.9 Å². The Bertz CT molecular complexity index is 1720. The van der Waals surface area contributed by atoms with E-state index in [4.69, 9.17) is 23.2 Å². The Morgan fingerprint density at radius 1 is 0.800 bits per heavy atom. The standard InChI is InChI=1S/C29H23Cl2FN2O3S.CH3F/c1-18(2)17-21-11-16-26-33(29(21)35)27(19-7-12-22(30)13-8-19)28(20-9-14-23(31)15-10-20)34(26)38(36,37)25-6-4-3-5-24(25)32;1-2/h3-17,27-28H,1-2H3;1H3/t27-,28?;/m0./s1. The fourth-order valence-corrected chi connectivity index (χ4v) is 6.80. The molecule has 10 heteroatoms. The number of hydrogen-bond acceptors (Lipinski definition) is 3. The molecule has 5 rings (SSSR count). The molecule has 2 atom stereocenters. The molecule has 0 amide bonds. The van der Waals surface area contributed by atoms with Crippen LogP contribution >= 0.6 is 23.2 Å². The molecule has 0 bridgehead atoms. The minimum atomic E-state index is -4.47. The smallest absolute Gasteiger partial charge is 0.269 e. The number of hydrogen-bond donors (Lipinski definition) is 0. The first-order valence-electron chi connectivity index (χ1n) is 12.2. The summed E-state index contributed by atoms with van der Waals surface area (Å²) in [6.07, 6.45) is 1.75. The first kappa shape index (κ1) is 29.5. The summed E-state index contributed by atoms with van der Waals surface area (Å²) >= 11 is 12.3. The van der Waals surface area contributed by atoms with Crippen molar-refractivity contribution in [2.24, 2.45) is 0 Å². The van der Waals surface area contributed by atoms with Gasteiger partial charge in [-0.15, -0.1) is 0 Å². The summed E-state index contributed by atoms with van der Waals surface area (Å²) < 4.78 is 55.4. The molecule has 4 aromatic rings. The van der Waals surface area contributed by atoms with E-state index < -0.39 is 32.8 Å². The number of anilines is 1. The van der Waals surface area contributed by atoms with Gasteiger partial charge >= 0.3 is 0 Å². The second-order valence-electron chi connectivity index (χ2n) is 9.27. The third-order valence-corrected chi connectivity index (χ3v) is 8.74. The quantitative estimate of drug-likeness (QED) is 0.234. The highest BCUT2D eigenvalue weighted by Crippen LogP contribution is 2.49. The predicted octanol–water partition coefficient (Wildman–Crippen LogP) is 7.84. The average molecular weight is 604 g/mol. The number of sulfonamides is 1. The number of allylic oxidation sites excluding steroid dienone is 1. The van der Waals surface area contributed by atoms with E-state index in [-0.39, 0.29) is 11.4 Å². The Morgan fingerprint density at radius 2 is 1.32 bits per heavy atom. The summed E-state index contributed by atoms with van der Waals surface area (Å²) in [5, 5.41) is 0.968. The maximum Gasteiger partial charge on any atom is 0.269 e. The summed E-state index contributed by atoms with van der Waals surface area (Å²) in [4.78, 5) is 13.4. The van der Waals surface area contributed by atoms with Gasteiger partial charge in [-0.1, -0.05) is 71.2 Å². The number of nitrogens with zero attached hydrogens (tertiary/aromatic N) is 2. The van der Waals surface area contributed by atoms with Crippen molar-refractivity contribution < 1.29 is 17.2 Å². The Balaban J connectivity index is 0.00000181. The van der Waals surface area contributed by atoms with Gasteiger partial charge in [0.05, 0.1) is 19.3 Å². The van der Waals surface area contributed by atoms with E-state index in [2.05, 4.69) is 0 Å². The van der Waals surface area contributed by atoms with Crippen molar-refractivity contribution in [1.29, 1.82) is 0 Å². The van der Waals surface area contributed by atoms with Gasteiger partial charge in [-0.3, -0.25) is 13.8 Å². The predicted molar refractivity (Wildman–Crippen MR) is 157 cm³/mol. The molecule has 208 valence electrons. The number of halogens is 4. The van der Waals surface area contributed by atoms with Crippen molar-refractivity contribution in [3.05, 3.63) is 133 Å². The third-order valence-electron chi connectivity index (χ3n) is 6.42. The van der Waals surface area contributed by atoms with Crippen LogP contribution in [0, 0.1) is 5.82 Å². The molecule has 1 aromatic heterocycles. The van der Waals surface area contributed by atoms with Gasteiger partial charge < -0.3 is 0 Å². The maximum atomic E-state index is 14.9. The van der Waals surface area contributed by atoms with Gasteiger partial charge in [0.25, 0.3) is 15.6 Å². The van der Waals surface area contributed by atoms with Gasteiger partial charge in [-0.2, -0.15) is 0 Å². The average Bonchev–Trinajstić information content (AvgIpc) is 3.29. The molecule has 0 radical (unpaired) electrons. The van der Waals surface area contributed by atoms with Gasteiger partial charge in [0.2, 0.25) is 0 Å². The Morgan fingerprint density at radius 3 is 1.85 bits per heavy atom. The molecule has 0 saturated heterocycles. The van der Waals surface area contributed by atoms with Gasteiger partial charge in [0.15, 0.2) is 0 Å². The molecule has 0 spiro atoms. The highest BCUT2D eigenvalue weighted by Gasteiger charge is 2.47. The van der Waals surface area contributed by atoms with Crippen molar-refractivity contribution in [3.63, 3.8) is 0 Å². The fourth-order valence-electron chi connectivity index (χ4n) is 4.84. The summed E-state index contributed by atoms with van der Waals surface area (Å²) in [5.74, 6) is -0.753. The van der Waals surface area contributed by atoms with E-state index in [1.807, 2.05) is 13.8 Å². The zero-order valence-electron chi connectivity index (χ0n) is 21.9. The van der Waals surface area contributed by atoms with Crippen molar-refractivity contribution >= 4 is 45.1 Å². The molecular weight excluding hydrogens is 577 g/mol. The number of aromatic nitrogens is 1. The number of alkyl halides is 1. The first-order valence-corrected chi connectivity index (χ1v) is 14.4. The number of rotatable bonds is 5. The van der Waals surface area contributed by atoms with Crippen LogP contribution in [0.1, 0.15) is 42.6 Å². The summed E-state index contributed by atoms with van der Waals surface area (Å²) in [6, 6.07) is 20.3. The molecule has 2 heterocycles. The van der Waals surface area contributed by atoms with E-state index in [0.29, 0.717) is 33.9 Å². The van der Waals surface area contributed by atoms with Gasteiger partial charge in [-0.05, 0) is 73.5 Å². The Hall–Kier alpha value is -3.46. The van der Waals surface area contributed by atoms with E-state index in [1.165, 1.54) is 22.8 Å². The van der Waals surface area contributed by atoms with Crippen LogP contribution in [-0.2, 0) is 10.0 Å². The van der Waals surface area contributed by atoms with E-state index in [1.54, 1.807) is 66.7 Å². The zero-order valence-corrected chi connectivity index (χ0v) is 24.2. The van der Waals surface area contributed by atoms with Crippen LogP contribution in [0.15, 0.2) is 100 Å². The number of fused-ring (bicyclic) bond motifs is 1. The van der Waals surface area contributed by atoms with E-state index in [9.17, 15) is 22.0 Å². The highest BCUT2D eigenvalue weighted by molar-refractivity contribution is 7.92. The molecular formula is C30H26Cl2F2N2O3S. The molecule has 0 aliphatic carbocycles. The Kier molecular flexibility index (Phi) is 8.83. The summed E-state index contributed by atoms with van der Waals surface area (Å²) in [6.45, 7) is 3.75. The maximum absolute atomic E-state index is 14.9. The van der Waals surface area contributed by atoms with Gasteiger partial charge in [0.1, 0.15) is 16.5 Å². The lowest BCUT2D eigenvalue weighted by atomic mass is 9.94. The summed E-state index contributed by atoms with van der Waals surface area (Å²) in [7, 11) is -3.97. The molecule has 40 heavy (non-hydrogen) atoms. The lowest BCUT2D eigenvalue weighted by Crippen LogP contribution is -2.34. The minimum Gasteiger partial charge on any atom is -0.283 e. The van der Waals surface area contributed by atoms with Crippen molar-refractivity contribution in [2.75, 3.05) is 11.5 Å². The summed E-state index contributed by atoms with van der Waals surface area (Å²) in [5.41, 5.74) is 2.20. The van der Waals surface area contributed by atoms with Gasteiger partial charge in [0, 0.05) is 15.6 Å². The number of benzene rings is 3. The van der Waals surface area contributed by atoms with E-state index >= 15 is 0 Å². The highest BCUT2D eigenvalue weighted by atomic mass is 35.5. The van der Waals surface area contributed by atoms with Crippen molar-refractivity contribution in [3.8, 4) is 0 Å². The van der Waals surface area contributed by atoms with Crippen LogP contribution in [0.3, 0.4) is 0 Å². The molecule has 0 N–H and O–H groups in total. The molecule has 0 fully saturated rings. The normalized spacial score (nSPS) is 16.1. The van der Waals surface area contributed by atoms with Crippen LogP contribution < -0.4 is 9.86 Å².